The molecule has 49 valence electrons. The van der Waals surface area contributed by atoms with Gasteiger partial charge in [0, 0.05) is 13.2 Å². The lowest BCUT2D eigenvalue weighted by molar-refractivity contribution is 0.785. The van der Waals surface area contributed by atoms with Gasteiger partial charge in [-0.2, -0.15) is 5.10 Å². The predicted molar refractivity (Wildman–Crippen MR) is 35.1 cm³/mol. The molecule has 0 amide bonds. The van der Waals surface area contributed by atoms with E-state index in [1.54, 1.807) is 17.1 Å². The summed E-state index contributed by atoms with van der Waals surface area (Å²) in [6, 6.07) is 0. The fourth-order valence-corrected chi connectivity index (χ4v) is 0.851. The fourth-order valence-electron chi connectivity index (χ4n) is 0.851. The van der Waals surface area contributed by atoms with Crippen LogP contribution >= 0.6 is 0 Å². The molecule has 0 spiro atoms. The van der Waals surface area contributed by atoms with Crippen LogP contribution < -0.4 is 0 Å². The minimum absolute atomic E-state index is 0.815. The van der Waals surface area contributed by atoms with Gasteiger partial charge < -0.3 is 0 Å². The first kappa shape index (κ1) is 5.34. The fraction of sp³-hybridized carbons (Fsp3) is 0.167. The molecule has 1 radical (unpaired) electrons. The Kier molecular flexibility index (Phi) is 0.943. The topological polar surface area (TPSA) is 43.6 Å². The minimum atomic E-state index is 0.815. The van der Waals surface area contributed by atoms with Gasteiger partial charge in [-0.25, -0.2) is 9.97 Å². The molecule has 2 heterocycles. The van der Waals surface area contributed by atoms with Crippen molar-refractivity contribution in [3.8, 4) is 0 Å². The molecule has 4 nitrogen and oxygen atoms in total. The molecule has 0 N–H and O–H groups in total. The first-order valence-electron chi connectivity index (χ1n) is 2.89. The van der Waals surface area contributed by atoms with E-state index < -0.39 is 0 Å². The molecule has 2 aromatic rings. The van der Waals surface area contributed by atoms with Crippen LogP contribution in [0.2, 0.25) is 0 Å². The van der Waals surface area contributed by atoms with Gasteiger partial charge in [0.1, 0.15) is 0 Å². The Morgan fingerprint density at radius 2 is 2.40 bits per heavy atom. The average Bonchev–Trinajstić information content (AvgIpc) is 2.34. The Balaban J connectivity index is 2.93. The molecule has 2 aromatic heterocycles. The van der Waals surface area contributed by atoms with Crippen LogP contribution in [0, 0.1) is 6.33 Å². The van der Waals surface area contributed by atoms with Crippen LogP contribution in [0.5, 0.6) is 0 Å². The number of hydrogen-bond donors (Lipinski definition) is 0. The summed E-state index contributed by atoms with van der Waals surface area (Å²) in [6.45, 7) is 0. The van der Waals surface area contributed by atoms with Crippen LogP contribution in [-0.2, 0) is 7.05 Å². The minimum Gasteiger partial charge on any atom is -0.250 e. The molecule has 0 saturated carbocycles. The molecule has 0 unspecified atom stereocenters. The van der Waals surface area contributed by atoms with E-state index in [0.29, 0.717) is 0 Å². The molecule has 0 aromatic carbocycles. The molecule has 0 atom stereocenters. The van der Waals surface area contributed by atoms with E-state index in [9.17, 15) is 0 Å². The van der Waals surface area contributed by atoms with Crippen molar-refractivity contribution in [3.05, 3.63) is 18.7 Å². The summed E-state index contributed by atoms with van der Waals surface area (Å²) in [5.74, 6) is 0. The highest BCUT2D eigenvalue weighted by Crippen LogP contribution is 2.04. The molecule has 4 heteroatoms. The highest BCUT2D eigenvalue weighted by Gasteiger charge is 1.96. The van der Waals surface area contributed by atoms with Crippen LogP contribution in [0.15, 0.2) is 12.4 Å². The molecule has 10 heavy (non-hydrogen) atoms. The monoisotopic (exact) mass is 133 g/mol. The summed E-state index contributed by atoms with van der Waals surface area (Å²) in [4.78, 5) is 7.64. The Hall–Kier alpha value is -1.45. The highest BCUT2D eigenvalue weighted by molar-refractivity contribution is 5.72. The zero-order valence-electron chi connectivity index (χ0n) is 5.44. The van der Waals surface area contributed by atoms with Gasteiger partial charge in [-0.15, -0.1) is 0 Å². The lowest BCUT2D eigenvalue weighted by Gasteiger charge is -1.87. The lowest BCUT2D eigenvalue weighted by atomic mass is 10.4. The van der Waals surface area contributed by atoms with Crippen molar-refractivity contribution >= 4 is 11.0 Å². The summed E-state index contributed by atoms with van der Waals surface area (Å²) in [6.07, 6.45) is 5.92. The number of fused-ring (bicyclic) bond motifs is 1. The molecular formula is C6H5N4. The first-order chi connectivity index (χ1) is 4.88. The first-order valence-corrected chi connectivity index (χ1v) is 2.89. The van der Waals surface area contributed by atoms with E-state index >= 15 is 0 Å². The van der Waals surface area contributed by atoms with Crippen LogP contribution in [-0.4, -0.2) is 19.7 Å². The summed E-state index contributed by atoms with van der Waals surface area (Å²) < 4.78 is 1.69. The van der Waals surface area contributed by atoms with E-state index in [2.05, 4.69) is 21.4 Å². The van der Waals surface area contributed by atoms with Crippen molar-refractivity contribution in [1.82, 2.24) is 19.7 Å². The normalized spacial score (nSPS) is 10.5. The van der Waals surface area contributed by atoms with Gasteiger partial charge in [0.05, 0.1) is 11.6 Å². The van der Waals surface area contributed by atoms with E-state index in [1.807, 2.05) is 7.05 Å². The van der Waals surface area contributed by atoms with E-state index in [1.165, 1.54) is 0 Å². The maximum absolute atomic E-state index is 3.99. The number of nitrogens with zero attached hydrogens (tertiary/aromatic N) is 4. The largest absolute Gasteiger partial charge is 0.250 e. The molecule has 0 bridgehead atoms. The molecule has 0 aliphatic rings. The Morgan fingerprint density at radius 1 is 1.50 bits per heavy atom. The smallest absolute Gasteiger partial charge is 0.199 e. The lowest BCUT2D eigenvalue weighted by Crippen LogP contribution is -1.91. The van der Waals surface area contributed by atoms with Gasteiger partial charge in [-0.05, 0) is 0 Å². The van der Waals surface area contributed by atoms with Crippen LogP contribution in [0.25, 0.3) is 11.0 Å². The third-order valence-corrected chi connectivity index (χ3v) is 1.35. The molecular weight excluding hydrogens is 128 g/mol. The van der Waals surface area contributed by atoms with Gasteiger partial charge in [-0.3, -0.25) is 4.68 Å². The van der Waals surface area contributed by atoms with Gasteiger partial charge in [-0.1, -0.05) is 0 Å². The number of aryl methyl sites for hydroxylation is 1. The summed E-state index contributed by atoms with van der Waals surface area (Å²) >= 11 is 0. The number of aromatic nitrogens is 4. The Labute approximate surface area is 57.5 Å². The molecule has 2 rings (SSSR count). The van der Waals surface area contributed by atoms with Crippen LogP contribution in [0.3, 0.4) is 0 Å². The summed E-state index contributed by atoms with van der Waals surface area (Å²) in [5, 5.41) is 4.94. The van der Waals surface area contributed by atoms with Gasteiger partial charge in [0.25, 0.3) is 0 Å². The molecule has 0 saturated heterocycles. The molecule has 0 fully saturated rings. The second-order valence-corrected chi connectivity index (χ2v) is 2.02. The summed E-state index contributed by atoms with van der Waals surface area (Å²) in [7, 11) is 1.84. The maximum atomic E-state index is 3.99. The predicted octanol–water partition coefficient (Wildman–Crippen LogP) is 0.163. The highest BCUT2D eigenvalue weighted by atomic mass is 15.3. The van der Waals surface area contributed by atoms with E-state index in [0.717, 1.165) is 11.0 Å². The SMILES string of the molecule is Cn1ncc2cn[c]nc21. The van der Waals surface area contributed by atoms with Gasteiger partial charge in [0.15, 0.2) is 12.0 Å². The molecule has 0 aliphatic carbocycles. The number of hydrogen-bond acceptors (Lipinski definition) is 3. The number of rotatable bonds is 0. The van der Waals surface area contributed by atoms with Gasteiger partial charge >= 0.3 is 0 Å². The van der Waals surface area contributed by atoms with Crippen molar-refractivity contribution < 1.29 is 0 Å². The van der Waals surface area contributed by atoms with Gasteiger partial charge in [0.2, 0.25) is 0 Å². The van der Waals surface area contributed by atoms with Crippen molar-refractivity contribution in [2.45, 2.75) is 0 Å². The van der Waals surface area contributed by atoms with Crippen LogP contribution in [0.4, 0.5) is 0 Å². The third-order valence-electron chi connectivity index (χ3n) is 1.35. The van der Waals surface area contributed by atoms with Crippen molar-refractivity contribution in [1.29, 1.82) is 0 Å². The second-order valence-electron chi connectivity index (χ2n) is 2.02. The zero-order valence-corrected chi connectivity index (χ0v) is 5.44. The maximum Gasteiger partial charge on any atom is 0.199 e. The van der Waals surface area contributed by atoms with Crippen LogP contribution in [0.1, 0.15) is 0 Å². The van der Waals surface area contributed by atoms with Crippen molar-refractivity contribution in [3.63, 3.8) is 0 Å². The zero-order chi connectivity index (χ0) is 6.97. The second kappa shape index (κ2) is 1.76. The Morgan fingerprint density at radius 3 is 3.20 bits per heavy atom. The standard InChI is InChI=1S/C6H5N4/c1-10-6-5(3-9-10)2-7-4-8-6/h2-3H,1H3. The third kappa shape index (κ3) is 0.586. The molecule has 0 aliphatic heterocycles. The Bertz CT molecular complexity index is 351. The van der Waals surface area contributed by atoms with E-state index in [-0.39, 0.29) is 0 Å². The quantitative estimate of drug-likeness (QED) is 0.514. The van der Waals surface area contributed by atoms with Crippen molar-refractivity contribution in [2.24, 2.45) is 7.05 Å². The van der Waals surface area contributed by atoms with Crippen molar-refractivity contribution in [2.75, 3.05) is 0 Å². The summed E-state index contributed by atoms with van der Waals surface area (Å²) in [5.41, 5.74) is 0.815. The average molecular weight is 133 g/mol. The van der Waals surface area contributed by atoms with E-state index in [4.69, 9.17) is 0 Å².